The van der Waals surface area contributed by atoms with Gasteiger partial charge in [-0.25, -0.2) is 4.79 Å². The molecule has 0 aromatic heterocycles. The standard InChI is InChI=1S/C17H23N3O2/c1-13(2)8-9-18-17(22)19-15-7-5-6-14(12-15)16(21)20-10-3-4-11-20/h5-8,12H,3-4,9-11H2,1-2H3,(H2,18,19,22). The molecule has 0 spiro atoms. The predicted molar refractivity (Wildman–Crippen MR) is 88.0 cm³/mol. The molecule has 1 aliphatic heterocycles. The number of hydrogen-bond donors (Lipinski definition) is 2. The van der Waals surface area contributed by atoms with E-state index in [1.807, 2.05) is 24.8 Å². The molecule has 2 rings (SSSR count). The summed E-state index contributed by atoms with van der Waals surface area (Å²) in [6.45, 7) is 6.08. The maximum Gasteiger partial charge on any atom is 0.319 e. The van der Waals surface area contributed by atoms with Crippen LogP contribution < -0.4 is 10.6 Å². The molecule has 3 amide bonds. The molecule has 2 N–H and O–H groups in total. The largest absolute Gasteiger partial charge is 0.339 e. The molecule has 1 aromatic rings. The molecule has 1 saturated heterocycles. The molecule has 0 radical (unpaired) electrons. The van der Waals surface area contributed by atoms with Crippen molar-refractivity contribution in [3.8, 4) is 0 Å². The summed E-state index contributed by atoms with van der Waals surface area (Å²) in [6, 6.07) is 6.80. The highest BCUT2D eigenvalue weighted by atomic mass is 16.2. The summed E-state index contributed by atoms with van der Waals surface area (Å²) in [5.74, 6) is 0.0334. The Labute approximate surface area is 131 Å². The Morgan fingerprint density at radius 2 is 1.95 bits per heavy atom. The topological polar surface area (TPSA) is 61.4 Å². The highest BCUT2D eigenvalue weighted by molar-refractivity contribution is 5.97. The average Bonchev–Trinajstić information content (AvgIpc) is 3.00. The molecule has 0 bridgehead atoms. The highest BCUT2D eigenvalue weighted by Crippen LogP contribution is 2.16. The number of carbonyl (C=O) groups is 2. The van der Waals surface area contributed by atoms with Gasteiger partial charge in [-0.2, -0.15) is 0 Å². The van der Waals surface area contributed by atoms with Gasteiger partial charge in [0.2, 0.25) is 0 Å². The van der Waals surface area contributed by atoms with E-state index in [0.717, 1.165) is 31.5 Å². The van der Waals surface area contributed by atoms with Gasteiger partial charge < -0.3 is 15.5 Å². The number of benzene rings is 1. The van der Waals surface area contributed by atoms with Gasteiger partial charge in [-0.15, -0.1) is 0 Å². The fourth-order valence-corrected chi connectivity index (χ4v) is 2.36. The number of nitrogens with zero attached hydrogens (tertiary/aromatic N) is 1. The van der Waals surface area contributed by atoms with Crippen molar-refractivity contribution in [2.45, 2.75) is 26.7 Å². The van der Waals surface area contributed by atoms with Crippen molar-refractivity contribution in [3.05, 3.63) is 41.5 Å². The highest BCUT2D eigenvalue weighted by Gasteiger charge is 2.19. The van der Waals surface area contributed by atoms with Crippen LogP contribution in [0.1, 0.15) is 37.0 Å². The van der Waals surface area contributed by atoms with Crippen molar-refractivity contribution in [3.63, 3.8) is 0 Å². The molecule has 1 heterocycles. The molecule has 1 fully saturated rings. The van der Waals surface area contributed by atoms with E-state index in [2.05, 4.69) is 10.6 Å². The van der Waals surface area contributed by atoms with Gasteiger partial charge in [0.05, 0.1) is 0 Å². The Morgan fingerprint density at radius 1 is 1.23 bits per heavy atom. The maximum absolute atomic E-state index is 12.3. The van der Waals surface area contributed by atoms with E-state index >= 15 is 0 Å². The fraction of sp³-hybridized carbons (Fsp3) is 0.412. The van der Waals surface area contributed by atoms with Crippen molar-refractivity contribution in [1.82, 2.24) is 10.2 Å². The summed E-state index contributed by atoms with van der Waals surface area (Å²) in [5.41, 5.74) is 2.39. The van der Waals surface area contributed by atoms with Crippen LogP contribution >= 0.6 is 0 Å². The molecule has 22 heavy (non-hydrogen) atoms. The van der Waals surface area contributed by atoms with Gasteiger partial charge in [0, 0.05) is 30.9 Å². The fourth-order valence-electron chi connectivity index (χ4n) is 2.36. The molecule has 5 heteroatoms. The average molecular weight is 301 g/mol. The molecule has 1 aliphatic rings. The van der Waals surface area contributed by atoms with Gasteiger partial charge in [0.1, 0.15) is 0 Å². The molecule has 0 atom stereocenters. The summed E-state index contributed by atoms with van der Waals surface area (Å²) in [7, 11) is 0. The van der Waals surface area contributed by atoms with E-state index in [-0.39, 0.29) is 11.9 Å². The van der Waals surface area contributed by atoms with E-state index in [1.54, 1.807) is 24.3 Å². The second kappa shape index (κ2) is 7.64. The third-order valence-electron chi connectivity index (χ3n) is 3.53. The monoisotopic (exact) mass is 301 g/mol. The number of allylic oxidation sites excluding steroid dienone is 1. The van der Waals surface area contributed by atoms with Gasteiger partial charge in [0.25, 0.3) is 5.91 Å². The molecule has 1 aromatic carbocycles. The minimum absolute atomic E-state index is 0.0334. The zero-order valence-corrected chi connectivity index (χ0v) is 13.2. The van der Waals surface area contributed by atoms with E-state index in [1.165, 1.54) is 0 Å². The number of carbonyl (C=O) groups excluding carboxylic acids is 2. The number of nitrogens with one attached hydrogen (secondary N) is 2. The predicted octanol–water partition coefficient (Wildman–Crippen LogP) is 3.01. The molecule has 118 valence electrons. The Bertz CT molecular complexity index is 571. The smallest absolute Gasteiger partial charge is 0.319 e. The van der Waals surface area contributed by atoms with E-state index in [0.29, 0.717) is 17.8 Å². The summed E-state index contributed by atoms with van der Waals surface area (Å²) in [5, 5.41) is 5.50. The molecular weight excluding hydrogens is 278 g/mol. The Kier molecular flexibility index (Phi) is 5.58. The van der Waals surface area contributed by atoms with Crippen molar-refractivity contribution in [1.29, 1.82) is 0 Å². The molecule has 0 unspecified atom stereocenters. The third kappa shape index (κ3) is 4.62. The number of rotatable bonds is 4. The molecule has 5 nitrogen and oxygen atoms in total. The summed E-state index contributed by atoms with van der Waals surface area (Å²) < 4.78 is 0. The lowest BCUT2D eigenvalue weighted by molar-refractivity contribution is 0.0793. The minimum atomic E-state index is -0.275. The van der Waals surface area contributed by atoms with Crippen LogP contribution in [0.3, 0.4) is 0 Å². The van der Waals surface area contributed by atoms with Crippen LogP contribution in [0, 0.1) is 0 Å². The summed E-state index contributed by atoms with van der Waals surface area (Å²) in [4.78, 5) is 26.0. The van der Waals surface area contributed by atoms with Crippen LogP contribution in [0.4, 0.5) is 10.5 Å². The quantitative estimate of drug-likeness (QED) is 0.840. The first-order valence-electron chi connectivity index (χ1n) is 7.64. The second-order valence-electron chi connectivity index (χ2n) is 5.70. The number of likely N-dealkylation sites (tertiary alicyclic amines) is 1. The maximum atomic E-state index is 12.3. The number of hydrogen-bond acceptors (Lipinski definition) is 2. The summed E-state index contributed by atoms with van der Waals surface area (Å²) in [6.07, 6.45) is 4.07. The molecule has 0 aliphatic carbocycles. The zero-order valence-electron chi connectivity index (χ0n) is 13.2. The lowest BCUT2D eigenvalue weighted by Crippen LogP contribution is -2.29. The first-order chi connectivity index (χ1) is 10.6. The van der Waals surface area contributed by atoms with Crippen molar-refractivity contribution in [2.75, 3.05) is 25.0 Å². The van der Waals surface area contributed by atoms with Crippen molar-refractivity contribution < 1.29 is 9.59 Å². The van der Waals surface area contributed by atoms with E-state index in [4.69, 9.17) is 0 Å². The van der Waals surface area contributed by atoms with Gasteiger partial charge in [-0.3, -0.25) is 4.79 Å². The SMILES string of the molecule is CC(C)=CCNC(=O)Nc1cccc(C(=O)N2CCCC2)c1. The van der Waals surface area contributed by atoms with Gasteiger partial charge >= 0.3 is 6.03 Å². The molecular formula is C17H23N3O2. The zero-order chi connectivity index (χ0) is 15.9. The lowest BCUT2D eigenvalue weighted by atomic mass is 10.2. The van der Waals surface area contributed by atoms with Gasteiger partial charge in [-0.05, 0) is 44.9 Å². The van der Waals surface area contributed by atoms with Crippen molar-refractivity contribution in [2.24, 2.45) is 0 Å². The lowest BCUT2D eigenvalue weighted by Gasteiger charge is -2.15. The van der Waals surface area contributed by atoms with Crippen LogP contribution in [0.15, 0.2) is 35.9 Å². The van der Waals surface area contributed by atoms with Crippen LogP contribution in [0.2, 0.25) is 0 Å². The number of anilines is 1. The Balaban J connectivity index is 1.94. The Morgan fingerprint density at radius 3 is 2.64 bits per heavy atom. The van der Waals surface area contributed by atoms with Crippen LogP contribution in [-0.4, -0.2) is 36.5 Å². The normalized spacial score (nSPS) is 13.6. The Hall–Kier alpha value is -2.30. The van der Waals surface area contributed by atoms with Gasteiger partial charge in [-0.1, -0.05) is 17.7 Å². The number of urea groups is 1. The first-order valence-corrected chi connectivity index (χ1v) is 7.64. The van der Waals surface area contributed by atoms with Crippen LogP contribution in [0.5, 0.6) is 0 Å². The summed E-state index contributed by atoms with van der Waals surface area (Å²) >= 11 is 0. The van der Waals surface area contributed by atoms with Crippen LogP contribution in [-0.2, 0) is 0 Å². The molecule has 0 saturated carbocycles. The van der Waals surface area contributed by atoms with Crippen LogP contribution in [0.25, 0.3) is 0 Å². The first kappa shape index (κ1) is 16.1. The third-order valence-corrected chi connectivity index (χ3v) is 3.53. The van der Waals surface area contributed by atoms with E-state index < -0.39 is 0 Å². The second-order valence-corrected chi connectivity index (χ2v) is 5.70. The minimum Gasteiger partial charge on any atom is -0.339 e. The van der Waals surface area contributed by atoms with Crippen molar-refractivity contribution >= 4 is 17.6 Å². The number of amides is 3. The van der Waals surface area contributed by atoms with Gasteiger partial charge in [0.15, 0.2) is 0 Å². The van der Waals surface area contributed by atoms with E-state index in [9.17, 15) is 9.59 Å².